The molecule has 3 rings (SSSR count). The van der Waals surface area contributed by atoms with Gasteiger partial charge in [-0.05, 0) is 24.5 Å². The Morgan fingerprint density at radius 2 is 2.40 bits per heavy atom. The lowest BCUT2D eigenvalue weighted by Crippen LogP contribution is -2.41. The van der Waals surface area contributed by atoms with Crippen molar-refractivity contribution >= 4 is 23.1 Å². The molecule has 0 aliphatic carbocycles. The predicted molar refractivity (Wildman–Crippen MR) is 58.3 cm³/mol. The van der Waals surface area contributed by atoms with Gasteiger partial charge in [0.2, 0.25) is 0 Å². The van der Waals surface area contributed by atoms with E-state index in [4.69, 9.17) is 11.6 Å². The molecule has 0 radical (unpaired) electrons. The number of aromatic nitrogens is 1. The Hall–Kier alpha value is -1.09. The number of pyridine rings is 1. The normalized spacial score (nSPS) is 23.9. The molecule has 15 heavy (non-hydrogen) atoms. The molecular weight excluding hydrogens is 212 g/mol. The summed E-state index contributed by atoms with van der Waals surface area (Å²) in [6.07, 6.45) is 4.52. The number of nitrogens with zero attached hydrogens (tertiary/aromatic N) is 2. The Morgan fingerprint density at radius 3 is 3.27 bits per heavy atom. The highest BCUT2D eigenvalue weighted by Crippen LogP contribution is 2.36. The Morgan fingerprint density at radius 1 is 1.53 bits per heavy atom. The van der Waals surface area contributed by atoms with Crippen molar-refractivity contribution in [2.75, 3.05) is 11.4 Å². The van der Waals surface area contributed by atoms with Crippen molar-refractivity contribution in [1.82, 2.24) is 4.98 Å². The van der Waals surface area contributed by atoms with E-state index in [1.165, 1.54) is 5.56 Å². The van der Waals surface area contributed by atoms with Crippen LogP contribution >= 0.6 is 11.6 Å². The maximum Gasteiger partial charge on any atom is 0.152 e. The highest BCUT2D eigenvalue weighted by molar-refractivity contribution is 6.29. The Labute approximate surface area is 93.1 Å². The van der Waals surface area contributed by atoms with Crippen LogP contribution in [0.4, 0.5) is 5.69 Å². The highest BCUT2D eigenvalue weighted by atomic mass is 35.5. The number of rotatable bonds is 0. The summed E-state index contributed by atoms with van der Waals surface area (Å²) in [5, 5.41) is 0.507. The van der Waals surface area contributed by atoms with Crippen LogP contribution in [0.1, 0.15) is 18.4 Å². The lowest BCUT2D eigenvalue weighted by Gasteiger charge is -2.30. The second-order valence-corrected chi connectivity index (χ2v) is 4.59. The molecular formula is C11H11ClN2O. The van der Waals surface area contributed by atoms with Crippen molar-refractivity contribution in [3.8, 4) is 0 Å². The van der Waals surface area contributed by atoms with Gasteiger partial charge in [0.05, 0.1) is 6.54 Å². The summed E-state index contributed by atoms with van der Waals surface area (Å²) >= 11 is 5.87. The second kappa shape index (κ2) is 3.20. The van der Waals surface area contributed by atoms with Crippen LogP contribution in [0, 0.1) is 0 Å². The van der Waals surface area contributed by atoms with E-state index in [1.54, 1.807) is 0 Å². The van der Waals surface area contributed by atoms with Crippen LogP contribution in [0.2, 0.25) is 5.15 Å². The summed E-state index contributed by atoms with van der Waals surface area (Å²) in [6, 6.07) is 2.35. The van der Waals surface area contributed by atoms with Gasteiger partial charge in [-0.25, -0.2) is 4.98 Å². The van der Waals surface area contributed by atoms with Gasteiger partial charge in [0.1, 0.15) is 5.15 Å². The molecule has 1 aromatic heterocycles. The average Bonchev–Trinajstić information content (AvgIpc) is 2.56. The SMILES string of the molecule is O=C1CCC2Cc3cnc(Cl)cc3N2C1. The van der Waals surface area contributed by atoms with E-state index in [-0.39, 0.29) is 0 Å². The van der Waals surface area contributed by atoms with Crippen molar-refractivity contribution in [2.24, 2.45) is 0 Å². The number of carbonyl (C=O) groups is 1. The largest absolute Gasteiger partial charge is 0.361 e. The summed E-state index contributed by atoms with van der Waals surface area (Å²) in [5.74, 6) is 0.326. The van der Waals surface area contributed by atoms with Gasteiger partial charge in [-0.2, -0.15) is 0 Å². The van der Waals surface area contributed by atoms with Crippen molar-refractivity contribution in [3.63, 3.8) is 0 Å². The van der Waals surface area contributed by atoms with Gasteiger partial charge in [0.25, 0.3) is 0 Å². The van der Waals surface area contributed by atoms with E-state index in [0.717, 1.165) is 24.9 Å². The molecule has 2 aliphatic heterocycles. The van der Waals surface area contributed by atoms with Crippen LogP contribution in [0.25, 0.3) is 0 Å². The minimum Gasteiger partial charge on any atom is -0.361 e. The fourth-order valence-electron chi connectivity index (χ4n) is 2.50. The first-order valence-electron chi connectivity index (χ1n) is 5.17. The molecule has 1 fully saturated rings. The van der Waals surface area contributed by atoms with Crippen molar-refractivity contribution < 1.29 is 4.79 Å². The molecule has 1 saturated heterocycles. The van der Waals surface area contributed by atoms with E-state index in [1.807, 2.05) is 12.3 Å². The number of ketones is 1. The van der Waals surface area contributed by atoms with Gasteiger partial charge < -0.3 is 4.90 Å². The molecule has 0 amide bonds. The van der Waals surface area contributed by atoms with E-state index in [0.29, 0.717) is 23.5 Å². The lowest BCUT2D eigenvalue weighted by molar-refractivity contribution is -0.118. The first kappa shape index (κ1) is 9.16. The standard InChI is InChI=1S/C11H11ClN2O/c12-11-4-10-7(5-13-11)3-8-1-2-9(15)6-14(8)10/h4-5,8H,1-3,6H2. The first-order valence-corrected chi connectivity index (χ1v) is 5.54. The van der Waals surface area contributed by atoms with Crippen LogP contribution < -0.4 is 4.90 Å². The van der Waals surface area contributed by atoms with Crippen LogP contribution in [-0.2, 0) is 11.2 Å². The Bertz CT molecular complexity index is 433. The minimum absolute atomic E-state index is 0.326. The third-order valence-corrected chi connectivity index (χ3v) is 3.44. The minimum atomic E-state index is 0.326. The predicted octanol–water partition coefficient (Wildman–Crippen LogP) is 1.83. The van der Waals surface area contributed by atoms with Gasteiger partial charge in [-0.1, -0.05) is 11.6 Å². The van der Waals surface area contributed by atoms with Crippen LogP contribution in [-0.4, -0.2) is 23.4 Å². The second-order valence-electron chi connectivity index (χ2n) is 4.20. The molecule has 1 unspecified atom stereocenters. The zero-order valence-corrected chi connectivity index (χ0v) is 9.00. The van der Waals surface area contributed by atoms with Gasteiger partial charge >= 0.3 is 0 Å². The Kier molecular flexibility index (Phi) is 1.96. The molecule has 0 spiro atoms. The van der Waals surface area contributed by atoms with E-state index in [2.05, 4.69) is 9.88 Å². The maximum absolute atomic E-state index is 11.4. The number of hydrogen-bond donors (Lipinski definition) is 0. The molecule has 4 heteroatoms. The first-order chi connectivity index (χ1) is 7.24. The van der Waals surface area contributed by atoms with Gasteiger partial charge in [0.15, 0.2) is 5.78 Å². The number of fused-ring (bicyclic) bond motifs is 3. The van der Waals surface area contributed by atoms with Crippen molar-refractivity contribution in [2.45, 2.75) is 25.3 Å². The zero-order chi connectivity index (χ0) is 10.4. The van der Waals surface area contributed by atoms with E-state index in [9.17, 15) is 4.79 Å². The number of piperidine rings is 1. The van der Waals surface area contributed by atoms with E-state index >= 15 is 0 Å². The average molecular weight is 223 g/mol. The fourth-order valence-corrected chi connectivity index (χ4v) is 2.65. The summed E-state index contributed by atoms with van der Waals surface area (Å²) < 4.78 is 0. The molecule has 1 aromatic rings. The summed E-state index contributed by atoms with van der Waals surface area (Å²) in [4.78, 5) is 17.7. The summed E-state index contributed by atoms with van der Waals surface area (Å²) in [7, 11) is 0. The van der Waals surface area contributed by atoms with Crippen molar-refractivity contribution in [1.29, 1.82) is 0 Å². The third-order valence-electron chi connectivity index (χ3n) is 3.24. The molecule has 3 nitrogen and oxygen atoms in total. The fraction of sp³-hybridized carbons (Fsp3) is 0.455. The molecule has 2 aliphatic rings. The summed E-state index contributed by atoms with van der Waals surface area (Å²) in [6.45, 7) is 0.540. The monoisotopic (exact) mass is 222 g/mol. The lowest BCUT2D eigenvalue weighted by atomic mass is 10.0. The molecule has 0 aromatic carbocycles. The third kappa shape index (κ3) is 1.42. The highest BCUT2D eigenvalue weighted by Gasteiger charge is 2.34. The molecule has 0 saturated carbocycles. The molecule has 0 N–H and O–H groups in total. The number of hydrogen-bond acceptors (Lipinski definition) is 3. The Balaban J connectivity index is 2.02. The number of carbonyl (C=O) groups excluding carboxylic acids is 1. The van der Waals surface area contributed by atoms with Gasteiger partial charge in [-0.3, -0.25) is 4.79 Å². The molecule has 78 valence electrons. The number of halogens is 1. The van der Waals surface area contributed by atoms with Crippen molar-refractivity contribution in [3.05, 3.63) is 23.0 Å². The van der Waals surface area contributed by atoms with Crippen LogP contribution in [0.5, 0.6) is 0 Å². The summed E-state index contributed by atoms with van der Waals surface area (Å²) in [5.41, 5.74) is 2.33. The quantitative estimate of drug-likeness (QED) is 0.628. The zero-order valence-electron chi connectivity index (χ0n) is 8.24. The smallest absolute Gasteiger partial charge is 0.152 e. The van der Waals surface area contributed by atoms with E-state index < -0.39 is 0 Å². The van der Waals surface area contributed by atoms with Crippen LogP contribution in [0.3, 0.4) is 0 Å². The molecule has 3 heterocycles. The molecule has 0 bridgehead atoms. The molecule has 1 atom stereocenters. The van der Waals surface area contributed by atoms with Gasteiger partial charge in [0, 0.05) is 24.3 Å². The topological polar surface area (TPSA) is 33.2 Å². The maximum atomic E-state index is 11.4. The number of Topliss-reactive ketones (excluding diaryl/α,β-unsaturated/α-hetero) is 1. The van der Waals surface area contributed by atoms with Crippen LogP contribution in [0.15, 0.2) is 12.3 Å². The van der Waals surface area contributed by atoms with Gasteiger partial charge in [-0.15, -0.1) is 0 Å². The number of anilines is 1.